The Balaban J connectivity index is 2.21. The average molecular weight is 288 g/mol. The van der Waals surface area contributed by atoms with Crippen LogP contribution in [0, 0.1) is 5.92 Å². The number of nitrogens with zero attached hydrogens (tertiary/aromatic N) is 1. The van der Waals surface area contributed by atoms with E-state index in [9.17, 15) is 14.4 Å². The van der Waals surface area contributed by atoms with Crippen molar-refractivity contribution in [2.24, 2.45) is 5.92 Å². The number of rotatable bonds is 2. The fourth-order valence-corrected chi connectivity index (χ4v) is 1.72. The highest BCUT2D eigenvalue weighted by atomic mass is 79.9. The van der Waals surface area contributed by atoms with Crippen LogP contribution in [0.4, 0.5) is 0 Å². The summed E-state index contributed by atoms with van der Waals surface area (Å²) in [6.45, 7) is 0. The second-order valence-corrected chi connectivity index (χ2v) is 4.56. The maximum Gasteiger partial charge on any atom is 0.347 e. The first-order valence-electron chi connectivity index (χ1n) is 4.90. The zero-order valence-corrected chi connectivity index (χ0v) is 9.91. The van der Waals surface area contributed by atoms with E-state index in [2.05, 4.69) is 26.3 Å². The zero-order valence-electron chi connectivity index (χ0n) is 8.33. The molecule has 1 aromatic rings. The van der Waals surface area contributed by atoms with E-state index in [1.165, 1.54) is 6.20 Å². The molecule has 0 unspecified atom stereocenters. The molecule has 1 aromatic heterocycles. The molecule has 1 aliphatic rings. The molecule has 0 atom stereocenters. The molecule has 0 spiro atoms. The van der Waals surface area contributed by atoms with Gasteiger partial charge in [0.1, 0.15) is 4.47 Å². The lowest BCUT2D eigenvalue weighted by molar-refractivity contribution is -0.123. The molecule has 2 rings (SSSR count). The van der Waals surface area contributed by atoms with Gasteiger partial charge in [0.25, 0.3) is 5.56 Å². The van der Waals surface area contributed by atoms with E-state index < -0.39 is 11.2 Å². The topological polar surface area (TPSA) is 84.0 Å². The molecule has 0 radical (unpaired) electrons. The number of amides is 1. The van der Waals surface area contributed by atoms with E-state index in [4.69, 9.17) is 0 Å². The van der Waals surface area contributed by atoms with Gasteiger partial charge in [-0.1, -0.05) is 6.42 Å². The van der Waals surface area contributed by atoms with Crippen molar-refractivity contribution in [2.75, 3.05) is 5.43 Å². The molecule has 1 amide bonds. The van der Waals surface area contributed by atoms with Gasteiger partial charge >= 0.3 is 5.69 Å². The van der Waals surface area contributed by atoms with Gasteiger partial charge in [0.15, 0.2) is 0 Å². The maximum absolute atomic E-state index is 11.6. The lowest BCUT2D eigenvalue weighted by atomic mass is 9.85. The van der Waals surface area contributed by atoms with Gasteiger partial charge in [-0.25, -0.2) is 9.47 Å². The minimum atomic E-state index is -0.652. The van der Waals surface area contributed by atoms with Gasteiger partial charge in [0.05, 0.1) is 6.20 Å². The average Bonchev–Trinajstić information content (AvgIpc) is 2.11. The quantitative estimate of drug-likeness (QED) is 0.813. The van der Waals surface area contributed by atoms with Crippen molar-refractivity contribution in [3.63, 3.8) is 0 Å². The second kappa shape index (κ2) is 4.25. The van der Waals surface area contributed by atoms with Crippen LogP contribution < -0.4 is 16.7 Å². The predicted molar refractivity (Wildman–Crippen MR) is 60.7 cm³/mol. The summed E-state index contributed by atoms with van der Waals surface area (Å²) in [4.78, 5) is 36.0. The van der Waals surface area contributed by atoms with Crippen LogP contribution in [0.25, 0.3) is 0 Å². The molecule has 1 heterocycles. The fraction of sp³-hybridized carbons (Fsp3) is 0.444. The number of aromatic nitrogens is 2. The summed E-state index contributed by atoms with van der Waals surface area (Å²) in [7, 11) is 0. The van der Waals surface area contributed by atoms with E-state index in [1.54, 1.807) is 0 Å². The van der Waals surface area contributed by atoms with Crippen molar-refractivity contribution in [3.05, 3.63) is 31.5 Å². The molecule has 1 fully saturated rings. The first kappa shape index (κ1) is 11.1. The molecule has 1 saturated carbocycles. The predicted octanol–water partition coefficient (Wildman–Crippen LogP) is 0.169. The van der Waals surface area contributed by atoms with Crippen LogP contribution in [0.5, 0.6) is 0 Å². The molecular formula is C9H10BrN3O3. The smallest absolute Gasteiger partial charge is 0.273 e. The Kier molecular flexibility index (Phi) is 2.95. The summed E-state index contributed by atoms with van der Waals surface area (Å²) in [5, 5.41) is 0. The van der Waals surface area contributed by atoms with Crippen LogP contribution >= 0.6 is 15.9 Å². The van der Waals surface area contributed by atoms with Crippen molar-refractivity contribution in [3.8, 4) is 0 Å². The van der Waals surface area contributed by atoms with Gasteiger partial charge in [0.2, 0.25) is 5.91 Å². The zero-order chi connectivity index (χ0) is 11.7. The first-order valence-corrected chi connectivity index (χ1v) is 5.69. The van der Waals surface area contributed by atoms with E-state index >= 15 is 0 Å². The minimum absolute atomic E-state index is 0.0161. The third kappa shape index (κ3) is 2.08. The normalized spacial score (nSPS) is 15.6. The van der Waals surface area contributed by atoms with Crippen molar-refractivity contribution >= 4 is 21.8 Å². The van der Waals surface area contributed by atoms with Crippen LogP contribution in [0.2, 0.25) is 0 Å². The summed E-state index contributed by atoms with van der Waals surface area (Å²) < 4.78 is 1.17. The third-order valence-corrected chi connectivity index (χ3v) is 3.17. The highest BCUT2D eigenvalue weighted by Gasteiger charge is 2.25. The Labute approximate surface area is 98.8 Å². The van der Waals surface area contributed by atoms with Crippen LogP contribution in [0.15, 0.2) is 20.3 Å². The fourth-order valence-electron chi connectivity index (χ4n) is 1.41. The molecular weight excluding hydrogens is 278 g/mol. The van der Waals surface area contributed by atoms with Crippen molar-refractivity contribution in [1.82, 2.24) is 9.66 Å². The van der Waals surface area contributed by atoms with Gasteiger partial charge in [-0.3, -0.25) is 20.0 Å². The van der Waals surface area contributed by atoms with Crippen molar-refractivity contribution in [1.29, 1.82) is 0 Å². The Morgan fingerprint density at radius 2 is 2.19 bits per heavy atom. The lowest BCUT2D eigenvalue weighted by Crippen LogP contribution is -2.41. The largest absolute Gasteiger partial charge is 0.347 e. The molecule has 2 N–H and O–H groups in total. The Bertz CT molecular complexity index is 530. The van der Waals surface area contributed by atoms with E-state index in [1.807, 2.05) is 0 Å². The number of aromatic amines is 1. The molecule has 7 heteroatoms. The summed E-state index contributed by atoms with van der Waals surface area (Å²) >= 11 is 2.98. The molecule has 0 bridgehead atoms. The molecule has 86 valence electrons. The van der Waals surface area contributed by atoms with Gasteiger partial charge in [0, 0.05) is 5.92 Å². The van der Waals surface area contributed by atoms with Gasteiger partial charge in [-0.15, -0.1) is 0 Å². The molecule has 16 heavy (non-hydrogen) atoms. The maximum atomic E-state index is 11.6. The number of hydrogen-bond acceptors (Lipinski definition) is 3. The van der Waals surface area contributed by atoms with Crippen LogP contribution in [-0.4, -0.2) is 15.6 Å². The summed E-state index contributed by atoms with van der Waals surface area (Å²) in [6, 6.07) is 0. The minimum Gasteiger partial charge on any atom is -0.273 e. The lowest BCUT2D eigenvalue weighted by Gasteiger charge is -2.24. The molecule has 1 aliphatic carbocycles. The standard InChI is InChI=1S/C9H10BrN3O3/c10-6-4-13(9(16)11-8(6)15)12-7(14)5-2-1-3-5/h4-5H,1-3H2,(H,12,14)(H,11,15,16). The summed E-state index contributed by atoms with van der Waals surface area (Å²) in [6.07, 6.45) is 4.00. The van der Waals surface area contributed by atoms with Crippen molar-refractivity contribution in [2.45, 2.75) is 19.3 Å². The monoisotopic (exact) mass is 287 g/mol. The number of halogens is 1. The number of hydrogen-bond donors (Lipinski definition) is 2. The second-order valence-electron chi connectivity index (χ2n) is 3.71. The van der Waals surface area contributed by atoms with Gasteiger partial charge in [-0.05, 0) is 28.8 Å². The van der Waals surface area contributed by atoms with E-state index in [0.717, 1.165) is 23.9 Å². The van der Waals surface area contributed by atoms with E-state index in [0.29, 0.717) is 0 Å². The summed E-state index contributed by atoms with van der Waals surface area (Å²) in [5.41, 5.74) is 1.28. The van der Waals surface area contributed by atoms with Gasteiger partial charge < -0.3 is 0 Å². The molecule has 0 saturated heterocycles. The first-order chi connectivity index (χ1) is 7.58. The van der Waals surface area contributed by atoms with Crippen LogP contribution in [0.1, 0.15) is 19.3 Å². The highest BCUT2D eigenvalue weighted by molar-refractivity contribution is 9.10. The highest BCUT2D eigenvalue weighted by Crippen LogP contribution is 2.26. The SMILES string of the molecule is O=C(Nn1cc(Br)c(=O)[nH]c1=O)C1CCC1. The molecule has 6 nitrogen and oxygen atoms in total. The van der Waals surface area contributed by atoms with Crippen LogP contribution in [-0.2, 0) is 4.79 Å². The van der Waals surface area contributed by atoms with Gasteiger partial charge in [-0.2, -0.15) is 0 Å². The number of carbonyl (C=O) groups excluding carboxylic acids is 1. The third-order valence-electron chi connectivity index (χ3n) is 2.61. The number of H-pyrrole nitrogens is 1. The number of nitrogens with one attached hydrogen (secondary N) is 2. The Morgan fingerprint density at radius 3 is 2.75 bits per heavy atom. The Morgan fingerprint density at radius 1 is 1.50 bits per heavy atom. The van der Waals surface area contributed by atoms with Crippen molar-refractivity contribution < 1.29 is 4.79 Å². The van der Waals surface area contributed by atoms with Crippen LogP contribution in [0.3, 0.4) is 0 Å². The molecule has 0 aromatic carbocycles. The van der Waals surface area contributed by atoms with E-state index in [-0.39, 0.29) is 16.3 Å². The molecule has 0 aliphatic heterocycles. The number of carbonyl (C=O) groups is 1. The Hall–Kier alpha value is -1.37. The summed E-state index contributed by atoms with van der Waals surface area (Å²) in [5.74, 6) is -0.204.